The lowest BCUT2D eigenvalue weighted by Crippen LogP contribution is -1.92. The average molecular weight is 293 g/mol. The third-order valence-electron chi connectivity index (χ3n) is 2.10. The molecule has 0 spiro atoms. The minimum Gasteiger partial charge on any atom is -0.289 e. The van der Waals surface area contributed by atoms with Gasteiger partial charge in [-0.05, 0) is 52.7 Å². The fourth-order valence-corrected chi connectivity index (χ4v) is 2.14. The molecule has 0 atom stereocenters. The van der Waals surface area contributed by atoms with Crippen LogP contribution in [-0.4, -0.2) is 5.78 Å². The summed E-state index contributed by atoms with van der Waals surface area (Å²) in [6.07, 6.45) is 3.44. The molecule has 0 amide bonds. The molecule has 0 aliphatic heterocycles. The first-order valence-corrected chi connectivity index (χ1v) is 6.49. The van der Waals surface area contributed by atoms with Crippen molar-refractivity contribution in [2.75, 3.05) is 0 Å². The molecule has 1 heterocycles. The molecule has 1 nitrogen and oxygen atoms in total. The van der Waals surface area contributed by atoms with Gasteiger partial charge in [0.15, 0.2) is 5.78 Å². The fraction of sp³-hybridized carbons (Fsp3) is 0. The highest BCUT2D eigenvalue weighted by Crippen LogP contribution is 2.12. The number of halogens is 1. The lowest BCUT2D eigenvalue weighted by molar-refractivity contribution is 0.104. The first-order valence-electron chi connectivity index (χ1n) is 4.76. The van der Waals surface area contributed by atoms with Gasteiger partial charge in [0.1, 0.15) is 0 Å². The van der Waals surface area contributed by atoms with Crippen LogP contribution in [0.1, 0.15) is 15.9 Å². The summed E-state index contributed by atoms with van der Waals surface area (Å²) >= 11 is 4.96. The number of hydrogen-bond donors (Lipinski definition) is 0. The number of allylic oxidation sites excluding steroid dienone is 1. The molecule has 2 rings (SSSR count). The maximum absolute atomic E-state index is 11.8. The summed E-state index contributed by atoms with van der Waals surface area (Å²) < 4.78 is 0.978. The van der Waals surface area contributed by atoms with Crippen LogP contribution in [-0.2, 0) is 0 Å². The maximum Gasteiger partial charge on any atom is 0.185 e. The Morgan fingerprint density at radius 1 is 1.19 bits per heavy atom. The lowest BCUT2D eigenvalue weighted by Gasteiger charge is -1.95. The van der Waals surface area contributed by atoms with Crippen molar-refractivity contribution in [3.05, 3.63) is 62.8 Å². The van der Waals surface area contributed by atoms with Gasteiger partial charge in [0.05, 0.1) is 0 Å². The Morgan fingerprint density at radius 2 is 1.94 bits per heavy atom. The van der Waals surface area contributed by atoms with Crippen molar-refractivity contribution in [2.45, 2.75) is 0 Å². The topological polar surface area (TPSA) is 17.1 Å². The second-order valence-corrected chi connectivity index (χ2v) is 4.96. The van der Waals surface area contributed by atoms with Gasteiger partial charge < -0.3 is 0 Å². The highest BCUT2D eigenvalue weighted by atomic mass is 79.9. The molecular weight excluding hydrogens is 284 g/mol. The van der Waals surface area contributed by atoms with Crippen LogP contribution in [0, 0.1) is 0 Å². The molecule has 16 heavy (non-hydrogen) atoms. The molecule has 0 bridgehead atoms. The van der Waals surface area contributed by atoms with E-state index in [0.717, 1.165) is 10.0 Å². The van der Waals surface area contributed by atoms with E-state index in [1.165, 1.54) is 0 Å². The van der Waals surface area contributed by atoms with E-state index in [1.54, 1.807) is 17.4 Å². The zero-order valence-electron chi connectivity index (χ0n) is 8.39. The van der Waals surface area contributed by atoms with Gasteiger partial charge in [-0.25, -0.2) is 0 Å². The summed E-state index contributed by atoms with van der Waals surface area (Å²) in [4.78, 5) is 11.8. The molecule has 2 aromatic rings. The predicted octanol–water partition coefficient (Wildman–Crippen LogP) is 4.41. The van der Waals surface area contributed by atoms with Gasteiger partial charge in [-0.1, -0.05) is 22.0 Å². The van der Waals surface area contributed by atoms with E-state index >= 15 is 0 Å². The Kier molecular flexibility index (Phi) is 3.70. The molecule has 0 saturated carbocycles. The number of benzene rings is 1. The van der Waals surface area contributed by atoms with Crippen LogP contribution in [0.5, 0.6) is 0 Å². The van der Waals surface area contributed by atoms with E-state index < -0.39 is 0 Å². The second-order valence-electron chi connectivity index (χ2n) is 3.26. The molecule has 0 aliphatic rings. The molecule has 1 aromatic carbocycles. The van der Waals surface area contributed by atoms with Gasteiger partial charge in [-0.15, -0.1) is 0 Å². The minimum absolute atomic E-state index is 0.0266. The van der Waals surface area contributed by atoms with Crippen molar-refractivity contribution in [1.82, 2.24) is 0 Å². The van der Waals surface area contributed by atoms with Crippen molar-refractivity contribution in [1.29, 1.82) is 0 Å². The minimum atomic E-state index is 0.0266. The van der Waals surface area contributed by atoms with Crippen LogP contribution in [0.3, 0.4) is 0 Å². The number of carbonyl (C=O) groups excluding carboxylic acids is 1. The van der Waals surface area contributed by atoms with Gasteiger partial charge in [0.2, 0.25) is 0 Å². The van der Waals surface area contributed by atoms with Crippen molar-refractivity contribution >= 4 is 39.1 Å². The molecule has 1 aromatic heterocycles. The Balaban J connectivity index is 2.11. The van der Waals surface area contributed by atoms with E-state index in [9.17, 15) is 4.79 Å². The third kappa shape index (κ3) is 2.90. The Hall–Kier alpha value is -1.19. The van der Waals surface area contributed by atoms with Crippen molar-refractivity contribution in [3.63, 3.8) is 0 Å². The molecule has 3 heteroatoms. The quantitative estimate of drug-likeness (QED) is 0.605. The number of hydrogen-bond acceptors (Lipinski definition) is 2. The Labute approximate surface area is 107 Å². The Morgan fingerprint density at radius 3 is 2.56 bits per heavy atom. The number of ketones is 1. The number of carbonyl (C=O) groups is 1. The zero-order chi connectivity index (χ0) is 11.4. The zero-order valence-corrected chi connectivity index (χ0v) is 10.8. The monoisotopic (exact) mass is 292 g/mol. The van der Waals surface area contributed by atoms with Gasteiger partial charge in [-0.2, -0.15) is 11.3 Å². The molecule has 80 valence electrons. The lowest BCUT2D eigenvalue weighted by atomic mass is 10.1. The second kappa shape index (κ2) is 5.23. The normalized spacial score (nSPS) is 10.8. The van der Waals surface area contributed by atoms with Crippen LogP contribution < -0.4 is 0 Å². The van der Waals surface area contributed by atoms with Crippen LogP contribution >= 0.6 is 27.3 Å². The molecule has 0 N–H and O–H groups in total. The van der Waals surface area contributed by atoms with E-state index in [2.05, 4.69) is 15.9 Å². The molecule has 0 aliphatic carbocycles. The van der Waals surface area contributed by atoms with Crippen LogP contribution in [0.15, 0.2) is 51.6 Å². The third-order valence-corrected chi connectivity index (χ3v) is 3.33. The standard InChI is InChI=1S/C13H9BrOS/c14-12-4-2-11(3-5-12)13(15)6-1-10-7-8-16-9-10/h1-9H/b6-1+. The number of rotatable bonds is 3. The smallest absolute Gasteiger partial charge is 0.185 e. The predicted molar refractivity (Wildman–Crippen MR) is 71.8 cm³/mol. The van der Waals surface area contributed by atoms with Crippen LogP contribution in [0.4, 0.5) is 0 Å². The van der Waals surface area contributed by atoms with Crippen molar-refractivity contribution in [2.24, 2.45) is 0 Å². The summed E-state index contributed by atoms with van der Waals surface area (Å²) in [5.41, 5.74) is 1.77. The average Bonchev–Trinajstić information content (AvgIpc) is 2.80. The van der Waals surface area contributed by atoms with E-state index in [-0.39, 0.29) is 5.78 Å². The fourth-order valence-electron chi connectivity index (χ4n) is 1.25. The molecule has 0 radical (unpaired) electrons. The number of thiophene rings is 1. The van der Waals surface area contributed by atoms with Crippen molar-refractivity contribution < 1.29 is 4.79 Å². The van der Waals surface area contributed by atoms with Gasteiger partial charge in [0.25, 0.3) is 0 Å². The summed E-state index contributed by atoms with van der Waals surface area (Å²) in [6.45, 7) is 0. The maximum atomic E-state index is 11.8. The Bertz CT molecular complexity index is 497. The summed E-state index contributed by atoms with van der Waals surface area (Å²) in [5.74, 6) is 0.0266. The van der Waals surface area contributed by atoms with E-state index in [0.29, 0.717) is 5.56 Å². The highest BCUT2D eigenvalue weighted by molar-refractivity contribution is 9.10. The van der Waals surface area contributed by atoms with Crippen LogP contribution in [0.25, 0.3) is 6.08 Å². The van der Waals surface area contributed by atoms with E-state index in [4.69, 9.17) is 0 Å². The largest absolute Gasteiger partial charge is 0.289 e. The summed E-state index contributed by atoms with van der Waals surface area (Å²) in [6, 6.07) is 9.34. The van der Waals surface area contributed by atoms with Gasteiger partial charge in [-0.3, -0.25) is 4.79 Å². The van der Waals surface area contributed by atoms with E-state index in [1.807, 2.05) is 47.2 Å². The molecule has 0 unspecified atom stereocenters. The highest BCUT2D eigenvalue weighted by Gasteiger charge is 2.00. The van der Waals surface area contributed by atoms with Crippen molar-refractivity contribution in [3.8, 4) is 0 Å². The SMILES string of the molecule is O=C(/C=C/c1ccsc1)c1ccc(Br)cc1. The first kappa shape index (κ1) is 11.3. The molecule has 0 fully saturated rings. The molecule has 0 saturated heterocycles. The molecular formula is C13H9BrOS. The summed E-state index contributed by atoms with van der Waals surface area (Å²) in [7, 11) is 0. The van der Waals surface area contributed by atoms with Gasteiger partial charge in [0, 0.05) is 10.0 Å². The van der Waals surface area contributed by atoms with Crippen LogP contribution in [0.2, 0.25) is 0 Å². The first-order chi connectivity index (χ1) is 7.75. The summed E-state index contributed by atoms with van der Waals surface area (Å²) in [5, 5.41) is 4.00. The van der Waals surface area contributed by atoms with Gasteiger partial charge >= 0.3 is 0 Å².